The highest BCUT2D eigenvalue weighted by Gasteiger charge is 2.34. The second-order valence-corrected chi connectivity index (χ2v) is 4.75. The van der Waals surface area contributed by atoms with Crippen molar-refractivity contribution in [3.05, 3.63) is 12.2 Å². The van der Waals surface area contributed by atoms with Gasteiger partial charge in [0.15, 0.2) is 0 Å². The molecule has 0 aliphatic carbocycles. The fourth-order valence-electron chi connectivity index (χ4n) is 2.06. The molecule has 1 saturated heterocycles. The first-order chi connectivity index (χ1) is 8.21. The zero-order chi connectivity index (χ0) is 12.1. The molecule has 1 aromatic heterocycles. The van der Waals surface area contributed by atoms with Crippen molar-refractivity contribution >= 4 is 5.91 Å². The normalized spacial score (nSPS) is 18.9. The molecule has 0 spiro atoms. The molecule has 1 aromatic rings. The number of hydrogen-bond donors (Lipinski definition) is 3. The summed E-state index contributed by atoms with van der Waals surface area (Å²) in [7, 11) is 0. The molecule has 17 heavy (non-hydrogen) atoms. The number of aromatic amines is 1. The van der Waals surface area contributed by atoms with E-state index in [1.807, 2.05) is 6.92 Å². The number of amides is 1. The first kappa shape index (κ1) is 12.0. The topological polar surface area (TPSA) is 82.7 Å². The molecule has 3 N–H and O–H groups in total. The van der Waals surface area contributed by atoms with Gasteiger partial charge in [-0.15, -0.1) is 0 Å². The Hall–Kier alpha value is -1.43. The van der Waals surface area contributed by atoms with Crippen molar-refractivity contribution in [1.29, 1.82) is 0 Å². The lowest BCUT2D eigenvalue weighted by Gasteiger charge is -2.32. The number of piperidine rings is 1. The molecule has 6 nitrogen and oxygen atoms in total. The van der Waals surface area contributed by atoms with Crippen molar-refractivity contribution in [2.24, 2.45) is 5.41 Å². The summed E-state index contributed by atoms with van der Waals surface area (Å²) in [5.41, 5.74) is -0.216. The first-order valence-electron chi connectivity index (χ1n) is 6.04. The van der Waals surface area contributed by atoms with Gasteiger partial charge in [-0.3, -0.25) is 9.89 Å². The van der Waals surface area contributed by atoms with Gasteiger partial charge >= 0.3 is 0 Å². The van der Waals surface area contributed by atoms with Crippen molar-refractivity contribution < 1.29 is 4.79 Å². The van der Waals surface area contributed by atoms with Crippen molar-refractivity contribution in [1.82, 2.24) is 25.8 Å². The van der Waals surface area contributed by atoms with Crippen LogP contribution in [0, 0.1) is 5.41 Å². The van der Waals surface area contributed by atoms with Crippen LogP contribution in [0.15, 0.2) is 6.33 Å². The molecule has 0 atom stereocenters. The SMILES string of the molecule is CC1(C(=O)NCCc2ncn[nH]2)CCNCC1. The van der Waals surface area contributed by atoms with Gasteiger partial charge in [-0.1, -0.05) is 6.92 Å². The Morgan fingerprint density at radius 3 is 2.94 bits per heavy atom. The van der Waals surface area contributed by atoms with Crippen LogP contribution in [0.3, 0.4) is 0 Å². The molecule has 6 heteroatoms. The summed E-state index contributed by atoms with van der Waals surface area (Å²) in [5.74, 6) is 0.958. The van der Waals surface area contributed by atoms with Crippen LogP contribution in [0.4, 0.5) is 0 Å². The molecule has 1 amide bonds. The van der Waals surface area contributed by atoms with E-state index in [9.17, 15) is 4.79 Å². The van der Waals surface area contributed by atoms with Gasteiger partial charge in [0.2, 0.25) is 5.91 Å². The maximum Gasteiger partial charge on any atom is 0.226 e. The maximum absolute atomic E-state index is 12.1. The van der Waals surface area contributed by atoms with Gasteiger partial charge in [0, 0.05) is 18.4 Å². The summed E-state index contributed by atoms with van der Waals surface area (Å²) >= 11 is 0. The highest BCUT2D eigenvalue weighted by molar-refractivity contribution is 5.82. The standard InChI is InChI=1S/C11H19N5O/c1-11(3-6-12-7-4-11)10(17)13-5-2-9-14-8-15-16-9/h8,12H,2-7H2,1H3,(H,13,17)(H,14,15,16). The quantitative estimate of drug-likeness (QED) is 0.680. The summed E-state index contributed by atoms with van der Waals surface area (Å²) in [4.78, 5) is 16.1. The number of rotatable bonds is 4. The van der Waals surface area contributed by atoms with E-state index < -0.39 is 0 Å². The minimum Gasteiger partial charge on any atom is -0.355 e. The zero-order valence-corrected chi connectivity index (χ0v) is 10.1. The summed E-state index contributed by atoms with van der Waals surface area (Å²) in [6.45, 7) is 4.49. The van der Waals surface area contributed by atoms with E-state index in [4.69, 9.17) is 0 Å². The number of nitrogens with one attached hydrogen (secondary N) is 3. The van der Waals surface area contributed by atoms with E-state index in [1.165, 1.54) is 6.33 Å². The minimum absolute atomic E-state index is 0.151. The number of aromatic nitrogens is 3. The fourth-order valence-corrected chi connectivity index (χ4v) is 2.06. The van der Waals surface area contributed by atoms with Crippen LogP contribution in [0.5, 0.6) is 0 Å². The van der Waals surface area contributed by atoms with Crippen molar-refractivity contribution in [2.45, 2.75) is 26.2 Å². The lowest BCUT2D eigenvalue weighted by Crippen LogP contribution is -2.46. The van der Waals surface area contributed by atoms with Gasteiger partial charge in [-0.05, 0) is 25.9 Å². The van der Waals surface area contributed by atoms with E-state index in [0.717, 1.165) is 31.8 Å². The van der Waals surface area contributed by atoms with Gasteiger partial charge in [0.1, 0.15) is 12.2 Å². The Morgan fingerprint density at radius 2 is 2.29 bits per heavy atom. The second-order valence-electron chi connectivity index (χ2n) is 4.75. The monoisotopic (exact) mass is 237 g/mol. The molecule has 94 valence electrons. The van der Waals surface area contributed by atoms with Gasteiger partial charge in [0.25, 0.3) is 0 Å². The number of hydrogen-bond acceptors (Lipinski definition) is 4. The van der Waals surface area contributed by atoms with Crippen LogP contribution in [0.25, 0.3) is 0 Å². The summed E-state index contributed by atoms with van der Waals surface area (Å²) in [6, 6.07) is 0. The molecule has 0 saturated carbocycles. The Balaban J connectivity index is 1.76. The molecule has 1 fully saturated rings. The summed E-state index contributed by atoms with van der Waals surface area (Å²) < 4.78 is 0. The smallest absolute Gasteiger partial charge is 0.226 e. The van der Waals surface area contributed by atoms with E-state index in [1.54, 1.807) is 0 Å². The van der Waals surface area contributed by atoms with E-state index in [2.05, 4.69) is 25.8 Å². The number of nitrogens with zero attached hydrogens (tertiary/aromatic N) is 2. The minimum atomic E-state index is -0.216. The van der Waals surface area contributed by atoms with E-state index in [-0.39, 0.29) is 11.3 Å². The predicted octanol–water partition coefficient (Wildman–Crippen LogP) is -0.147. The fraction of sp³-hybridized carbons (Fsp3) is 0.727. The molecular weight excluding hydrogens is 218 g/mol. The van der Waals surface area contributed by atoms with Crippen LogP contribution in [-0.2, 0) is 11.2 Å². The third kappa shape index (κ3) is 3.03. The average molecular weight is 237 g/mol. The molecule has 0 bridgehead atoms. The highest BCUT2D eigenvalue weighted by atomic mass is 16.2. The number of H-pyrrole nitrogens is 1. The zero-order valence-electron chi connectivity index (χ0n) is 10.1. The predicted molar refractivity (Wildman–Crippen MR) is 63.3 cm³/mol. The Labute approximate surface area is 101 Å². The van der Waals surface area contributed by atoms with E-state index in [0.29, 0.717) is 13.0 Å². The van der Waals surface area contributed by atoms with Crippen molar-refractivity contribution in [2.75, 3.05) is 19.6 Å². The largest absolute Gasteiger partial charge is 0.355 e. The summed E-state index contributed by atoms with van der Waals surface area (Å²) in [6.07, 6.45) is 3.98. The Kier molecular flexibility index (Phi) is 3.73. The lowest BCUT2D eigenvalue weighted by atomic mass is 9.80. The first-order valence-corrected chi connectivity index (χ1v) is 6.04. The van der Waals surface area contributed by atoms with Gasteiger partial charge in [-0.2, -0.15) is 5.10 Å². The van der Waals surface area contributed by atoms with Gasteiger partial charge < -0.3 is 10.6 Å². The third-order valence-corrected chi connectivity index (χ3v) is 3.37. The maximum atomic E-state index is 12.1. The summed E-state index contributed by atoms with van der Waals surface area (Å²) in [5, 5.41) is 12.8. The van der Waals surface area contributed by atoms with Crippen LogP contribution in [0.2, 0.25) is 0 Å². The molecular formula is C11H19N5O. The van der Waals surface area contributed by atoms with Crippen LogP contribution in [0.1, 0.15) is 25.6 Å². The van der Waals surface area contributed by atoms with Crippen molar-refractivity contribution in [3.63, 3.8) is 0 Å². The van der Waals surface area contributed by atoms with Crippen LogP contribution in [-0.4, -0.2) is 40.7 Å². The number of carbonyl (C=O) groups is 1. The average Bonchev–Trinajstić information content (AvgIpc) is 2.83. The molecule has 1 aliphatic heterocycles. The molecule has 2 heterocycles. The number of carbonyl (C=O) groups excluding carboxylic acids is 1. The van der Waals surface area contributed by atoms with E-state index >= 15 is 0 Å². The van der Waals surface area contributed by atoms with Crippen LogP contribution >= 0.6 is 0 Å². The molecule has 0 unspecified atom stereocenters. The Bertz CT molecular complexity index is 356. The lowest BCUT2D eigenvalue weighted by molar-refractivity contribution is -0.131. The molecule has 0 aromatic carbocycles. The molecule has 1 aliphatic rings. The van der Waals surface area contributed by atoms with Crippen LogP contribution < -0.4 is 10.6 Å². The molecule has 0 radical (unpaired) electrons. The third-order valence-electron chi connectivity index (χ3n) is 3.37. The van der Waals surface area contributed by atoms with Crippen molar-refractivity contribution in [3.8, 4) is 0 Å². The second kappa shape index (κ2) is 5.27. The highest BCUT2D eigenvalue weighted by Crippen LogP contribution is 2.27. The Morgan fingerprint density at radius 1 is 1.53 bits per heavy atom. The van der Waals surface area contributed by atoms with Gasteiger partial charge in [-0.25, -0.2) is 4.98 Å². The molecule has 2 rings (SSSR count). The van der Waals surface area contributed by atoms with Gasteiger partial charge in [0.05, 0.1) is 0 Å².